The molecule has 2 amide bonds. The largest absolute Gasteiger partial charge is 0.466 e. The van der Waals surface area contributed by atoms with Crippen molar-refractivity contribution in [2.75, 3.05) is 19.8 Å². The molecule has 1 N–H and O–H groups in total. The molecule has 2 aromatic rings. The number of carbonyl (C=O) groups excluding carboxylic acids is 3. The number of aromatic nitrogens is 3. The summed E-state index contributed by atoms with van der Waals surface area (Å²) in [5.74, 6) is -2.92. The van der Waals surface area contributed by atoms with Crippen molar-refractivity contribution in [1.29, 1.82) is 0 Å². The van der Waals surface area contributed by atoms with Crippen molar-refractivity contribution in [2.24, 2.45) is 11.8 Å². The van der Waals surface area contributed by atoms with E-state index in [0.29, 0.717) is 18.4 Å². The highest BCUT2D eigenvalue weighted by Crippen LogP contribution is 2.63. The first kappa shape index (κ1) is 25.3. The summed E-state index contributed by atoms with van der Waals surface area (Å²) in [5.41, 5.74) is -0.656. The average Bonchev–Trinajstić information content (AvgIpc) is 3.58. The number of rotatable bonds is 9. The van der Waals surface area contributed by atoms with Crippen molar-refractivity contribution in [3.63, 3.8) is 0 Å². The van der Waals surface area contributed by atoms with Gasteiger partial charge >= 0.3 is 5.97 Å². The van der Waals surface area contributed by atoms with Gasteiger partial charge in [0.25, 0.3) is 0 Å². The molecule has 3 fully saturated rings. The lowest BCUT2D eigenvalue weighted by atomic mass is 9.66. The number of likely N-dealkylation sites (tertiary alicyclic amines) is 1. The summed E-state index contributed by atoms with van der Waals surface area (Å²) in [7, 11) is 0. The Labute approximate surface area is 215 Å². The molecule has 37 heavy (non-hydrogen) atoms. The van der Waals surface area contributed by atoms with Gasteiger partial charge in [0.15, 0.2) is 0 Å². The molecule has 11 nitrogen and oxygen atoms in total. The predicted molar refractivity (Wildman–Crippen MR) is 132 cm³/mol. The molecule has 4 heterocycles. The molecule has 2 unspecified atom stereocenters. The summed E-state index contributed by atoms with van der Waals surface area (Å²) in [6, 6.07) is 5.75. The highest BCUT2D eigenvalue weighted by atomic mass is 16.6. The first-order valence-corrected chi connectivity index (χ1v) is 12.7. The molecule has 2 bridgehead atoms. The van der Waals surface area contributed by atoms with Gasteiger partial charge in [-0.3, -0.25) is 14.4 Å². The smallest absolute Gasteiger partial charge is 0.312 e. The molecule has 6 atom stereocenters. The Morgan fingerprint density at radius 1 is 1.38 bits per heavy atom. The first-order chi connectivity index (χ1) is 17.7. The molecule has 5 rings (SSSR count). The van der Waals surface area contributed by atoms with Gasteiger partial charge in [0.1, 0.15) is 29.7 Å². The number of fused-ring (bicyclic) bond motifs is 2. The van der Waals surface area contributed by atoms with Crippen molar-refractivity contribution in [2.45, 2.75) is 63.6 Å². The first-order valence-electron chi connectivity index (χ1n) is 12.7. The highest BCUT2D eigenvalue weighted by molar-refractivity contribution is 5.98. The van der Waals surface area contributed by atoms with Crippen LogP contribution in [0.3, 0.4) is 0 Å². The third kappa shape index (κ3) is 3.66. The fourth-order valence-electron chi connectivity index (χ4n) is 6.52. The molecular weight excluding hydrogens is 478 g/mol. The molecule has 3 aliphatic heterocycles. The normalized spacial score (nSPS) is 31.0. The number of benzene rings is 1. The van der Waals surface area contributed by atoms with Gasteiger partial charge in [-0.1, -0.05) is 23.4 Å². The zero-order valence-corrected chi connectivity index (χ0v) is 21.4. The Bertz CT molecular complexity index is 1250. The number of esters is 1. The van der Waals surface area contributed by atoms with E-state index in [1.807, 2.05) is 31.2 Å². The molecule has 3 saturated heterocycles. The summed E-state index contributed by atoms with van der Waals surface area (Å²) < 4.78 is 13.5. The number of ether oxygens (including phenoxy) is 2. The van der Waals surface area contributed by atoms with Gasteiger partial charge in [0, 0.05) is 6.54 Å². The van der Waals surface area contributed by atoms with Crippen LogP contribution in [-0.4, -0.2) is 90.7 Å². The second-order valence-corrected chi connectivity index (χ2v) is 10.3. The van der Waals surface area contributed by atoms with E-state index in [0.717, 1.165) is 5.52 Å². The zero-order chi connectivity index (χ0) is 26.5. The standard InChI is InChI=1S/C26H33N5O6/c1-5-13-29(15-30-18-10-8-7-9-17(18)27-28-30)23(34)21-26-12-11-25(4,37-26)20(24(35)36-6-2)19(26)22(33)31(21)16(3)14-32/h5,7-10,16,19-21,32H,1,6,11-15H2,2-4H3/t16-,19+,20+,21?,25-,26?/m1/s1. The average molecular weight is 512 g/mol. The molecular formula is C26H33N5O6. The van der Waals surface area contributed by atoms with Crippen LogP contribution in [0.2, 0.25) is 0 Å². The lowest BCUT2D eigenvalue weighted by Crippen LogP contribution is -2.58. The van der Waals surface area contributed by atoms with Gasteiger partial charge in [-0.15, -0.1) is 11.7 Å². The maximum Gasteiger partial charge on any atom is 0.312 e. The Kier molecular flexibility index (Phi) is 6.31. The highest BCUT2D eigenvalue weighted by Gasteiger charge is 2.78. The minimum Gasteiger partial charge on any atom is -0.466 e. The van der Waals surface area contributed by atoms with E-state index < -0.39 is 41.1 Å². The molecule has 0 radical (unpaired) electrons. The van der Waals surface area contributed by atoms with Crippen LogP contribution < -0.4 is 0 Å². The van der Waals surface area contributed by atoms with Crippen molar-refractivity contribution in [3.8, 4) is 0 Å². The van der Waals surface area contributed by atoms with E-state index >= 15 is 0 Å². The maximum atomic E-state index is 14.4. The third-order valence-electron chi connectivity index (χ3n) is 8.11. The molecule has 1 aromatic heterocycles. The maximum absolute atomic E-state index is 14.4. The molecule has 1 spiro atoms. The fourth-order valence-corrected chi connectivity index (χ4v) is 6.52. The number of aliphatic hydroxyl groups is 1. The number of carbonyl (C=O) groups is 3. The van der Waals surface area contributed by atoms with Gasteiger partial charge in [0.2, 0.25) is 11.8 Å². The van der Waals surface area contributed by atoms with E-state index in [4.69, 9.17) is 9.47 Å². The number of aliphatic hydroxyl groups excluding tert-OH is 1. The number of nitrogens with zero attached hydrogens (tertiary/aromatic N) is 5. The van der Waals surface area contributed by atoms with Crippen LogP contribution in [0, 0.1) is 11.8 Å². The molecule has 11 heteroatoms. The van der Waals surface area contributed by atoms with Crippen molar-refractivity contribution < 1.29 is 29.0 Å². The summed E-state index contributed by atoms with van der Waals surface area (Å²) in [5, 5.41) is 18.4. The Balaban J connectivity index is 1.56. The second-order valence-electron chi connectivity index (χ2n) is 10.3. The SMILES string of the molecule is C=CCN(Cn1nnc2ccccc21)C(=O)C1N([C@H](C)CO)C(=O)[C@@H]2[C@@H](C(=O)OCC)[C@@]3(C)CCC12O3. The number of hydrogen-bond donors (Lipinski definition) is 1. The van der Waals surface area contributed by atoms with Gasteiger partial charge in [-0.2, -0.15) is 0 Å². The minimum absolute atomic E-state index is 0.0801. The monoisotopic (exact) mass is 511 g/mol. The summed E-state index contributed by atoms with van der Waals surface area (Å²) in [6.45, 7) is 9.15. The summed E-state index contributed by atoms with van der Waals surface area (Å²) in [4.78, 5) is 44.3. The molecule has 0 aliphatic carbocycles. The van der Waals surface area contributed by atoms with Crippen LogP contribution in [0.25, 0.3) is 11.0 Å². The van der Waals surface area contributed by atoms with E-state index in [1.165, 1.54) is 4.90 Å². The van der Waals surface area contributed by atoms with Crippen molar-refractivity contribution >= 4 is 28.8 Å². The van der Waals surface area contributed by atoms with Crippen LogP contribution in [0.5, 0.6) is 0 Å². The van der Waals surface area contributed by atoms with Crippen LogP contribution in [0.4, 0.5) is 0 Å². The third-order valence-corrected chi connectivity index (χ3v) is 8.11. The Hall–Kier alpha value is -3.31. The molecule has 0 saturated carbocycles. The van der Waals surface area contributed by atoms with Gasteiger partial charge in [-0.25, -0.2) is 4.68 Å². The Morgan fingerprint density at radius 3 is 2.84 bits per heavy atom. The summed E-state index contributed by atoms with van der Waals surface area (Å²) in [6.07, 6.45) is 2.56. The second kappa shape index (κ2) is 9.21. The minimum atomic E-state index is -1.20. The quantitative estimate of drug-likeness (QED) is 0.392. The number of hydrogen-bond acceptors (Lipinski definition) is 8. The predicted octanol–water partition coefficient (Wildman–Crippen LogP) is 1.11. The fraction of sp³-hybridized carbons (Fsp3) is 0.577. The zero-order valence-electron chi connectivity index (χ0n) is 21.4. The molecule has 198 valence electrons. The van der Waals surface area contributed by atoms with E-state index in [2.05, 4.69) is 16.9 Å². The topological polar surface area (TPSA) is 127 Å². The van der Waals surface area contributed by atoms with E-state index in [9.17, 15) is 19.5 Å². The Morgan fingerprint density at radius 2 is 2.14 bits per heavy atom. The molecule has 1 aromatic carbocycles. The number of amides is 2. The van der Waals surface area contributed by atoms with Crippen molar-refractivity contribution in [1.82, 2.24) is 24.8 Å². The van der Waals surface area contributed by atoms with Crippen LogP contribution in [0.15, 0.2) is 36.9 Å². The summed E-state index contributed by atoms with van der Waals surface area (Å²) >= 11 is 0. The van der Waals surface area contributed by atoms with Crippen LogP contribution in [-0.2, 0) is 30.5 Å². The van der Waals surface area contributed by atoms with Gasteiger partial charge < -0.3 is 24.4 Å². The van der Waals surface area contributed by atoms with Gasteiger partial charge in [-0.05, 0) is 45.7 Å². The van der Waals surface area contributed by atoms with Crippen LogP contribution >= 0.6 is 0 Å². The van der Waals surface area contributed by atoms with E-state index in [1.54, 1.807) is 29.5 Å². The lowest BCUT2D eigenvalue weighted by molar-refractivity contribution is -0.161. The van der Waals surface area contributed by atoms with Crippen LogP contribution in [0.1, 0.15) is 33.6 Å². The lowest BCUT2D eigenvalue weighted by Gasteiger charge is -2.38. The molecule has 3 aliphatic rings. The van der Waals surface area contributed by atoms with E-state index in [-0.39, 0.29) is 38.2 Å². The van der Waals surface area contributed by atoms with Gasteiger partial charge in [0.05, 0.1) is 36.3 Å². The van der Waals surface area contributed by atoms with Crippen molar-refractivity contribution in [3.05, 3.63) is 36.9 Å². The number of para-hydroxylation sites is 1.